The molecule has 0 aliphatic rings. The molecule has 2 unspecified atom stereocenters. The number of nitrogens with one attached hydrogen (secondary N) is 1. The predicted molar refractivity (Wildman–Crippen MR) is 140 cm³/mol. The minimum atomic E-state index is -1.61. The number of rotatable bonds is 11. The molecule has 0 amide bonds. The molecule has 3 rings (SSSR count). The first-order valence-electron chi connectivity index (χ1n) is 12.2. The second-order valence-corrected chi connectivity index (χ2v) is 9.69. The van der Waals surface area contributed by atoms with Gasteiger partial charge in [-0.2, -0.15) is 0 Å². The fourth-order valence-corrected chi connectivity index (χ4v) is 4.53. The van der Waals surface area contributed by atoms with Crippen molar-refractivity contribution in [2.45, 2.75) is 65.1 Å². The summed E-state index contributed by atoms with van der Waals surface area (Å²) in [6.07, 6.45) is 2.78. The van der Waals surface area contributed by atoms with Crippen molar-refractivity contribution in [2.75, 3.05) is 7.11 Å². The Balaban J connectivity index is 1.98. The number of hydrogen-bond donors (Lipinski definition) is 4. The first-order chi connectivity index (χ1) is 17.1. The van der Waals surface area contributed by atoms with Crippen LogP contribution in [0.2, 0.25) is 0 Å². The van der Waals surface area contributed by atoms with Gasteiger partial charge in [-0.1, -0.05) is 26.0 Å². The summed E-state index contributed by atoms with van der Waals surface area (Å²) >= 11 is 0. The van der Waals surface area contributed by atoms with Gasteiger partial charge in [0.25, 0.3) is 5.56 Å². The van der Waals surface area contributed by atoms with Gasteiger partial charge in [0.05, 0.1) is 13.2 Å². The Hall–Kier alpha value is -3.04. The van der Waals surface area contributed by atoms with Gasteiger partial charge in [-0.05, 0) is 61.1 Å². The normalized spacial score (nSPS) is 14.2. The topological polar surface area (TPSA) is 117 Å². The van der Waals surface area contributed by atoms with E-state index in [-0.39, 0.29) is 17.9 Å². The molecule has 3 atom stereocenters. The van der Waals surface area contributed by atoms with E-state index >= 15 is 0 Å². The van der Waals surface area contributed by atoms with Crippen molar-refractivity contribution in [2.24, 2.45) is 5.92 Å². The molecule has 36 heavy (non-hydrogen) atoms. The van der Waals surface area contributed by atoms with Crippen LogP contribution in [0.4, 0.5) is 0 Å². The van der Waals surface area contributed by atoms with Gasteiger partial charge in [-0.15, -0.1) is 0 Å². The first-order valence-corrected chi connectivity index (χ1v) is 12.2. The summed E-state index contributed by atoms with van der Waals surface area (Å²) in [6.45, 7) is 7.88. The number of aliphatic hydroxyl groups excluding tert-OH is 2. The molecule has 0 aliphatic heterocycles. The fourth-order valence-electron chi connectivity index (χ4n) is 4.53. The van der Waals surface area contributed by atoms with E-state index in [9.17, 15) is 20.1 Å². The number of aromatic nitrogens is 2. The summed E-state index contributed by atoms with van der Waals surface area (Å²) in [7, 11) is 1.61. The highest BCUT2D eigenvalue weighted by Crippen LogP contribution is 2.34. The number of benzene rings is 1. The third kappa shape index (κ3) is 6.79. The van der Waals surface area contributed by atoms with Crippen LogP contribution < -0.4 is 15.6 Å². The van der Waals surface area contributed by atoms with Crippen LogP contribution in [0.15, 0.2) is 59.8 Å². The third-order valence-electron chi connectivity index (χ3n) is 6.26. The summed E-state index contributed by atoms with van der Waals surface area (Å²) in [5, 5.41) is 34.1. The maximum Gasteiger partial charge on any atom is 0.251 e. The number of pyridine rings is 2. The van der Waals surface area contributed by atoms with E-state index in [1.165, 1.54) is 10.6 Å². The van der Waals surface area contributed by atoms with Gasteiger partial charge >= 0.3 is 0 Å². The Morgan fingerprint density at radius 1 is 1.06 bits per heavy atom. The zero-order chi connectivity index (χ0) is 26.4. The van der Waals surface area contributed by atoms with Gasteiger partial charge < -0.3 is 24.6 Å². The Kier molecular flexibility index (Phi) is 9.39. The highest BCUT2D eigenvalue weighted by atomic mass is 16.5. The summed E-state index contributed by atoms with van der Waals surface area (Å²) in [6, 6.07) is 9.86. The molecule has 2 heterocycles. The minimum Gasteiger partial charge on any atom is -0.496 e. The van der Waals surface area contributed by atoms with E-state index in [2.05, 4.69) is 10.3 Å². The SMILES string of the molecule is COc1cccc(C)c1-c1cncc([C@H](CC(O)O)NC(O)C(CC(C)C)n2ccc(C)cc2=O)c1. The van der Waals surface area contributed by atoms with Gasteiger partial charge in [0, 0.05) is 48.2 Å². The molecule has 1 aromatic carbocycles. The van der Waals surface area contributed by atoms with Crippen molar-refractivity contribution in [1.82, 2.24) is 14.9 Å². The van der Waals surface area contributed by atoms with E-state index < -0.39 is 24.6 Å². The van der Waals surface area contributed by atoms with E-state index in [1.54, 1.807) is 25.7 Å². The number of methoxy groups -OCH3 is 1. The van der Waals surface area contributed by atoms with Gasteiger partial charge in [0.15, 0.2) is 6.29 Å². The van der Waals surface area contributed by atoms with Crippen molar-refractivity contribution in [3.05, 3.63) is 82.0 Å². The summed E-state index contributed by atoms with van der Waals surface area (Å²) in [5.41, 5.74) is 4.03. The number of aliphatic hydroxyl groups is 3. The zero-order valence-corrected chi connectivity index (χ0v) is 21.5. The van der Waals surface area contributed by atoms with Crippen LogP contribution in [0.25, 0.3) is 11.1 Å². The van der Waals surface area contributed by atoms with E-state index in [0.29, 0.717) is 17.7 Å². The molecule has 4 N–H and O–H groups in total. The van der Waals surface area contributed by atoms with Crippen molar-refractivity contribution in [1.29, 1.82) is 0 Å². The smallest absolute Gasteiger partial charge is 0.251 e. The quantitative estimate of drug-likeness (QED) is 0.301. The maximum atomic E-state index is 12.7. The van der Waals surface area contributed by atoms with Crippen LogP contribution in [0, 0.1) is 19.8 Å². The molecule has 2 aromatic heterocycles. The lowest BCUT2D eigenvalue weighted by atomic mass is 9.96. The molecule has 194 valence electrons. The molecule has 8 heteroatoms. The number of ether oxygens (including phenoxy) is 1. The van der Waals surface area contributed by atoms with Crippen LogP contribution in [-0.2, 0) is 0 Å². The molecule has 0 saturated heterocycles. The molecule has 0 spiro atoms. The lowest BCUT2D eigenvalue weighted by Crippen LogP contribution is -2.43. The molecule has 0 saturated carbocycles. The summed E-state index contributed by atoms with van der Waals surface area (Å²) < 4.78 is 7.08. The van der Waals surface area contributed by atoms with E-state index in [1.807, 2.05) is 58.0 Å². The third-order valence-corrected chi connectivity index (χ3v) is 6.26. The van der Waals surface area contributed by atoms with E-state index in [4.69, 9.17) is 4.74 Å². The largest absolute Gasteiger partial charge is 0.496 e. The van der Waals surface area contributed by atoms with Crippen LogP contribution in [0.3, 0.4) is 0 Å². The second-order valence-electron chi connectivity index (χ2n) is 9.69. The predicted octanol–water partition coefficient (Wildman–Crippen LogP) is 3.47. The molecule has 8 nitrogen and oxygen atoms in total. The number of aryl methyl sites for hydroxylation is 2. The Bertz CT molecular complexity index is 1210. The molecule has 0 fully saturated rings. The molecule has 0 bridgehead atoms. The minimum absolute atomic E-state index is 0.0791. The molecular weight excluding hydrogens is 458 g/mol. The monoisotopic (exact) mass is 495 g/mol. The van der Waals surface area contributed by atoms with Crippen LogP contribution >= 0.6 is 0 Å². The van der Waals surface area contributed by atoms with Gasteiger partial charge in [-0.3, -0.25) is 15.1 Å². The average molecular weight is 496 g/mol. The van der Waals surface area contributed by atoms with Gasteiger partial charge in [0.2, 0.25) is 0 Å². The van der Waals surface area contributed by atoms with Crippen LogP contribution in [0.5, 0.6) is 5.75 Å². The lowest BCUT2D eigenvalue weighted by Gasteiger charge is -2.31. The second kappa shape index (κ2) is 12.3. The van der Waals surface area contributed by atoms with Crippen molar-refractivity contribution < 1.29 is 20.1 Å². The van der Waals surface area contributed by atoms with Crippen molar-refractivity contribution >= 4 is 0 Å². The van der Waals surface area contributed by atoms with Crippen molar-refractivity contribution in [3.8, 4) is 16.9 Å². The van der Waals surface area contributed by atoms with Crippen LogP contribution in [-0.4, -0.2) is 44.5 Å². The standard InChI is InChI=1S/C28H37N3O5/c1-17(2)11-23(31-10-9-18(3)12-25(31)32)28(35)30-22(14-26(33)34)20-13-21(16-29-15-20)27-19(4)7-6-8-24(27)36-5/h6-10,12-13,15-17,22-23,26,28,30,33-35H,11,14H2,1-5H3/t22-,23?,28?/m0/s1. The Morgan fingerprint density at radius 2 is 1.81 bits per heavy atom. The molecular formula is C28H37N3O5. The Labute approximate surface area is 212 Å². The number of hydrogen-bond acceptors (Lipinski definition) is 7. The van der Waals surface area contributed by atoms with Gasteiger partial charge in [-0.25, -0.2) is 0 Å². The summed E-state index contributed by atoms with van der Waals surface area (Å²) in [5.74, 6) is 0.913. The highest BCUT2D eigenvalue weighted by Gasteiger charge is 2.27. The zero-order valence-electron chi connectivity index (χ0n) is 21.5. The molecule has 0 aliphatic carbocycles. The first kappa shape index (κ1) is 27.5. The maximum absolute atomic E-state index is 12.7. The summed E-state index contributed by atoms with van der Waals surface area (Å²) in [4.78, 5) is 17.1. The average Bonchev–Trinajstić information content (AvgIpc) is 2.82. The molecule has 0 radical (unpaired) electrons. The Morgan fingerprint density at radius 3 is 2.44 bits per heavy atom. The van der Waals surface area contributed by atoms with Crippen LogP contribution in [0.1, 0.15) is 55.5 Å². The van der Waals surface area contributed by atoms with E-state index in [0.717, 1.165) is 22.3 Å². The molecule has 3 aromatic rings. The fraction of sp³-hybridized carbons (Fsp3) is 0.429. The number of nitrogens with zero attached hydrogens (tertiary/aromatic N) is 2. The highest BCUT2D eigenvalue weighted by molar-refractivity contribution is 5.73. The lowest BCUT2D eigenvalue weighted by molar-refractivity contribution is -0.0576. The van der Waals surface area contributed by atoms with Gasteiger partial charge in [0.1, 0.15) is 12.0 Å². The van der Waals surface area contributed by atoms with Crippen molar-refractivity contribution in [3.63, 3.8) is 0 Å².